The fourth-order valence-electron chi connectivity index (χ4n) is 4.02. The van der Waals surface area contributed by atoms with Crippen molar-refractivity contribution in [1.29, 1.82) is 0 Å². The Morgan fingerprint density at radius 1 is 1.13 bits per heavy atom. The molecule has 4 rings (SSSR count). The molecule has 3 nitrogen and oxygen atoms in total. The van der Waals surface area contributed by atoms with Gasteiger partial charge in [0.15, 0.2) is 0 Å². The molecule has 0 radical (unpaired) electrons. The molecule has 120 valence electrons. The van der Waals surface area contributed by atoms with Gasteiger partial charge in [-0.1, -0.05) is 18.2 Å². The summed E-state index contributed by atoms with van der Waals surface area (Å²) in [6.45, 7) is 0. The fraction of sp³-hybridized carbons (Fsp3) is 0.421. The Morgan fingerprint density at radius 3 is 2.39 bits per heavy atom. The summed E-state index contributed by atoms with van der Waals surface area (Å²) in [6.07, 6.45) is 4.50. The number of carbonyl (C=O) groups is 1. The number of rotatable bonds is 3. The predicted molar refractivity (Wildman–Crippen MR) is 92.8 cm³/mol. The first kappa shape index (κ1) is 14.9. The summed E-state index contributed by atoms with van der Waals surface area (Å²) < 4.78 is 5.53. The van der Waals surface area contributed by atoms with Gasteiger partial charge in [0, 0.05) is 29.6 Å². The maximum atomic E-state index is 12.9. The summed E-state index contributed by atoms with van der Waals surface area (Å²) in [7, 11) is 1.78. The van der Waals surface area contributed by atoms with E-state index in [4.69, 9.17) is 4.74 Å². The minimum atomic E-state index is 0.185. The molecule has 2 unspecified atom stereocenters. The Hall–Kier alpha value is -1.65. The lowest BCUT2D eigenvalue weighted by Gasteiger charge is -2.38. The van der Waals surface area contributed by atoms with Gasteiger partial charge in [0.1, 0.15) is 0 Å². The summed E-state index contributed by atoms with van der Waals surface area (Å²) >= 11 is 1.72. The van der Waals surface area contributed by atoms with Crippen molar-refractivity contribution in [2.45, 2.75) is 43.9 Å². The lowest BCUT2D eigenvalue weighted by molar-refractivity contribution is 0.00823. The third-order valence-electron chi connectivity index (χ3n) is 5.20. The highest BCUT2D eigenvalue weighted by Gasteiger charge is 2.43. The van der Waals surface area contributed by atoms with Crippen molar-refractivity contribution in [2.24, 2.45) is 0 Å². The van der Waals surface area contributed by atoms with Gasteiger partial charge in [0.05, 0.1) is 6.10 Å². The first-order valence-electron chi connectivity index (χ1n) is 8.25. The molecule has 2 aliphatic rings. The minimum absolute atomic E-state index is 0.185. The SMILES string of the molecule is COC1CC2CCC(C1)N2C(=O)c1ccc(-c2cccs2)cc1. The van der Waals surface area contributed by atoms with Crippen molar-refractivity contribution < 1.29 is 9.53 Å². The molecule has 0 spiro atoms. The van der Waals surface area contributed by atoms with E-state index in [0.717, 1.165) is 31.2 Å². The fourth-order valence-corrected chi connectivity index (χ4v) is 4.75. The van der Waals surface area contributed by atoms with Gasteiger partial charge >= 0.3 is 0 Å². The second-order valence-electron chi connectivity index (χ2n) is 6.48. The minimum Gasteiger partial charge on any atom is -0.381 e. The van der Waals surface area contributed by atoms with Crippen molar-refractivity contribution in [2.75, 3.05) is 7.11 Å². The number of thiophene rings is 1. The summed E-state index contributed by atoms with van der Waals surface area (Å²) in [5, 5.41) is 2.08. The Labute approximate surface area is 140 Å². The van der Waals surface area contributed by atoms with Crippen LogP contribution >= 0.6 is 11.3 Å². The topological polar surface area (TPSA) is 29.5 Å². The molecular weight excluding hydrogens is 306 g/mol. The smallest absolute Gasteiger partial charge is 0.254 e. The molecule has 1 aromatic heterocycles. The average molecular weight is 327 g/mol. The predicted octanol–water partition coefficient (Wildman–Crippen LogP) is 4.20. The van der Waals surface area contributed by atoms with Crippen LogP contribution in [-0.2, 0) is 4.74 Å². The molecule has 1 amide bonds. The van der Waals surface area contributed by atoms with Crippen LogP contribution in [0.5, 0.6) is 0 Å². The molecule has 4 heteroatoms. The van der Waals surface area contributed by atoms with Crippen molar-refractivity contribution in [3.63, 3.8) is 0 Å². The number of ether oxygens (including phenoxy) is 1. The van der Waals surface area contributed by atoms with E-state index < -0.39 is 0 Å². The van der Waals surface area contributed by atoms with E-state index in [-0.39, 0.29) is 5.91 Å². The number of fused-ring (bicyclic) bond motifs is 2. The van der Waals surface area contributed by atoms with E-state index in [2.05, 4.69) is 34.5 Å². The summed E-state index contributed by atoms with van der Waals surface area (Å²) in [5.74, 6) is 0.185. The zero-order chi connectivity index (χ0) is 15.8. The number of nitrogens with zero attached hydrogens (tertiary/aromatic N) is 1. The van der Waals surface area contributed by atoms with E-state index in [1.165, 1.54) is 10.4 Å². The van der Waals surface area contributed by atoms with Crippen molar-refractivity contribution in [3.05, 3.63) is 47.3 Å². The number of benzene rings is 1. The maximum Gasteiger partial charge on any atom is 0.254 e. The Balaban J connectivity index is 1.53. The molecule has 0 N–H and O–H groups in total. The molecule has 0 aliphatic carbocycles. The van der Waals surface area contributed by atoms with E-state index in [0.29, 0.717) is 18.2 Å². The zero-order valence-electron chi connectivity index (χ0n) is 13.3. The van der Waals surface area contributed by atoms with Gasteiger partial charge in [-0.05, 0) is 54.8 Å². The summed E-state index contributed by atoms with van der Waals surface area (Å²) in [5.41, 5.74) is 1.98. The second-order valence-corrected chi connectivity index (χ2v) is 7.43. The Morgan fingerprint density at radius 2 is 1.83 bits per heavy atom. The van der Waals surface area contributed by atoms with Crippen LogP contribution < -0.4 is 0 Å². The number of hydrogen-bond donors (Lipinski definition) is 0. The molecule has 0 saturated carbocycles. The van der Waals surface area contributed by atoms with Crippen LogP contribution in [-0.4, -0.2) is 36.1 Å². The normalized spacial score (nSPS) is 26.5. The van der Waals surface area contributed by atoms with Gasteiger partial charge in [0.2, 0.25) is 0 Å². The van der Waals surface area contributed by atoms with Gasteiger partial charge in [-0.15, -0.1) is 11.3 Å². The maximum absolute atomic E-state index is 12.9. The van der Waals surface area contributed by atoms with Gasteiger partial charge in [-0.3, -0.25) is 4.79 Å². The van der Waals surface area contributed by atoms with Crippen molar-refractivity contribution in [3.8, 4) is 10.4 Å². The van der Waals surface area contributed by atoms with Gasteiger partial charge in [0.25, 0.3) is 5.91 Å². The highest BCUT2D eigenvalue weighted by molar-refractivity contribution is 7.13. The van der Waals surface area contributed by atoms with Crippen LogP contribution in [0.3, 0.4) is 0 Å². The molecule has 23 heavy (non-hydrogen) atoms. The van der Waals surface area contributed by atoms with Gasteiger partial charge < -0.3 is 9.64 Å². The number of carbonyl (C=O) groups excluding carboxylic acids is 1. The average Bonchev–Trinajstić information content (AvgIpc) is 3.21. The lowest BCUT2D eigenvalue weighted by Crippen LogP contribution is -2.48. The highest BCUT2D eigenvalue weighted by Crippen LogP contribution is 2.38. The molecule has 2 saturated heterocycles. The summed E-state index contributed by atoms with van der Waals surface area (Å²) in [6, 6.07) is 12.9. The standard InChI is InChI=1S/C19H21NO2S/c1-22-17-11-15-8-9-16(12-17)20(15)19(21)14-6-4-13(5-7-14)18-3-2-10-23-18/h2-7,10,15-17H,8-9,11-12H2,1H3. The number of methoxy groups -OCH3 is 1. The number of piperidine rings is 1. The van der Waals surface area contributed by atoms with Crippen LogP contribution in [0.15, 0.2) is 41.8 Å². The van der Waals surface area contributed by atoms with Crippen LogP contribution in [0.2, 0.25) is 0 Å². The molecular formula is C19H21NO2S. The number of hydrogen-bond acceptors (Lipinski definition) is 3. The van der Waals surface area contributed by atoms with Crippen molar-refractivity contribution in [1.82, 2.24) is 4.90 Å². The number of amides is 1. The Bertz CT molecular complexity index is 666. The molecule has 2 bridgehead atoms. The monoisotopic (exact) mass is 327 g/mol. The molecule has 1 aromatic carbocycles. The van der Waals surface area contributed by atoms with Crippen LogP contribution in [0.4, 0.5) is 0 Å². The Kier molecular flexibility index (Phi) is 3.95. The molecule has 2 atom stereocenters. The molecule has 2 aliphatic heterocycles. The van der Waals surface area contributed by atoms with E-state index in [1.54, 1.807) is 18.4 Å². The van der Waals surface area contributed by atoms with Gasteiger partial charge in [-0.2, -0.15) is 0 Å². The van der Waals surface area contributed by atoms with E-state index in [1.807, 2.05) is 12.1 Å². The first-order chi connectivity index (χ1) is 11.3. The quantitative estimate of drug-likeness (QED) is 0.845. The zero-order valence-corrected chi connectivity index (χ0v) is 14.1. The molecule has 3 heterocycles. The summed E-state index contributed by atoms with van der Waals surface area (Å²) in [4.78, 5) is 16.3. The van der Waals surface area contributed by atoms with E-state index >= 15 is 0 Å². The van der Waals surface area contributed by atoms with Crippen LogP contribution in [0, 0.1) is 0 Å². The largest absolute Gasteiger partial charge is 0.381 e. The van der Waals surface area contributed by atoms with Crippen LogP contribution in [0.25, 0.3) is 10.4 Å². The molecule has 2 fully saturated rings. The third-order valence-corrected chi connectivity index (χ3v) is 6.11. The van der Waals surface area contributed by atoms with Gasteiger partial charge in [-0.25, -0.2) is 0 Å². The molecule has 2 aromatic rings. The van der Waals surface area contributed by atoms with Crippen molar-refractivity contribution >= 4 is 17.2 Å². The highest BCUT2D eigenvalue weighted by atomic mass is 32.1. The first-order valence-corrected chi connectivity index (χ1v) is 9.13. The lowest BCUT2D eigenvalue weighted by atomic mass is 9.98. The second kappa shape index (κ2) is 6.10. The van der Waals surface area contributed by atoms with E-state index in [9.17, 15) is 4.79 Å². The van der Waals surface area contributed by atoms with Crippen LogP contribution in [0.1, 0.15) is 36.0 Å². The third kappa shape index (κ3) is 2.70.